The maximum Gasteiger partial charge on any atom is 0.319 e. The maximum absolute atomic E-state index is 12.7. The van der Waals surface area contributed by atoms with Crippen LogP contribution in [0.25, 0.3) is 5.69 Å². The van der Waals surface area contributed by atoms with E-state index in [1.54, 1.807) is 0 Å². The van der Waals surface area contributed by atoms with Crippen LogP contribution in [0.1, 0.15) is 29.8 Å². The molecule has 0 spiro atoms. The smallest absolute Gasteiger partial charge is 0.319 e. The molecule has 0 saturated carbocycles. The van der Waals surface area contributed by atoms with Gasteiger partial charge in [0, 0.05) is 31.4 Å². The molecule has 2 aromatic carbocycles. The summed E-state index contributed by atoms with van der Waals surface area (Å²) < 4.78 is 1.87. The minimum absolute atomic E-state index is 0.162. The van der Waals surface area contributed by atoms with E-state index in [1.807, 2.05) is 54.9 Å². The lowest BCUT2D eigenvalue weighted by molar-refractivity contribution is 0.190. The standard InChI is InChI=1S/C24H29N5O/c1-18-16-19(2)29(27-18)23-11-7-6-10-22(23)26-24(30)25-21-12-14-28(15-13-21)17-20-8-4-3-5-9-20/h3-11,16,21H,12-15,17H2,1-2H3,(H2,25,26,30). The number of urea groups is 1. The summed E-state index contributed by atoms with van der Waals surface area (Å²) in [5, 5.41) is 10.7. The molecule has 2 heterocycles. The molecule has 1 aliphatic rings. The van der Waals surface area contributed by atoms with Crippen molar-refractivity contribution in [3.8, 4) is 5.69 Å². The summed E-state index contributed by atoms with van der Waals surface area (Å²) in [6.07, 6.45) is 1.92. The van der Waals surface area contributed by atoms with Gasteiger partial charge in [-0.1, -0.05) is 42.5 Å². The summed E-state index contributed by atoms with van der Waals surface area (Å²) in [7, 11) is 0. The summed E-state index contributed by atoms with van der Waals surface area (Å²) in [6, 6.07) is 20.4. The van der Waals surface area contributed by atoms with Gasteiger partial charge in [-0.2, -0.15) is 5.10 Å². The van der Waals surface area contributed by atoms with Crippen molar-refractivity contribution in [3.63, 3.8) is 0 Å². The van der Waals surface area contributed by atoms with Gasteiger partial charge in [0.15, 0.2) is 0 Å². The summed E-state index contributed by atoms with van der Waals surface area (Å²) in [5.41, 5.74) is 4.95. The van der Waals surface area contributed by atoms with Crippen molar-refractivity contribution in [2.24, 2.45) is 0 Å². The van der Waals surface area contributed by atoms with E-state index in [1.165, 1.54) is 5.56 Å². The molecule has 2 N–H and O–H groups in total. The first-order chi connectivity index (χ1) is 14.6. The second-order valence-electron chi connectivity index (χ2n) is 7.99. The van der Waals surface area contributed by atoms with Gasteiger partial charge in [0.1, 0.15) is 0 Å². The molecule has 156 valence electrons. The number of aryl methyl sites for hydroxylation is 2. The normalized spacial score (nSPS) is 15.1. The Bertz CT molecular complexity index is 990. The first kappa shape index (κ1) is 20.2. The van der Waals surface area contributed by atoms with Gasteiger partial charge in [-0.15, -0.1) is 0 Å². The Morgan fingerprint density at radius 3 is 2.43 bits per heavy atom. The van der Waals surface area contributed by atoms with Gasteiger partial charge in [0.2, 0.25) is 0 Å². The number of hydrogen-bond donors (Lipinski definition) is 2. The van der Waals surface area contributed by atoms with Crippen molar-refractivity contribution in [3.05, 3.63) is 77.6 Å². The van der Waals surface area contributed by atoms with Gasteiger partial charge in [-0.05, 0) is 50.5 Å². The van der Waals surface area contributed by atoms with Crippen LogP contribution in [0.3, 0.4) is 0 Å². The zero-order valence-electron chi connectivity index (χ0n) is 17.6. The molecule has 3 aromatic rings. The van der Waals surface area contributed by atoms with Crippen LogP contribution in [0, 0.1) is 13.8 Å². The number of hydrogen-bond acceptors (Lipinski definition) is 3. The summed E-state index contributed by atoms with van der Waals surface area (Å²) in [5.74, 6) is 0. The van der Waals surface area contributed by atoms with Crippen LogP contribution in [-0.4, -0.2) is 39.8 Å². The van der Waals surface area contributed by atoms with Crippen LogP contribution in [0.4, 0.5) is 10.5 Å². The molecule has 30 heavy (non-hydrogen) atoms. The lowest BCUT2D eigenvalue weighted by atomic mass is 10.0. The highest BCUT2D eigenvalue weighted by molar-refractivity contribution is 5.91. The predicted molar refractivity (Wildman–Crippen MR) is 120 cm³/mol. The molecule has 6 heteroatoms. The van der Waals surface area contributed by atoms with Crippen LogP contribution in [0.5, 0.6) is 0 Å². The van der Waals surface area contributed by atoms with E-state index in [9.17, 15) is 4.79 Å². The quantitative estimate of drug-likeness (QED) is 0.669. The van der Waals surface area contributed by atoms with Crippen molar-refractivity contribution < 1.29 is 4.79 Å². The first-order valence-corrected chi connectivity index (χ1v) is 10.5. The number of carbonyl (C=O) groups excluding carboxylic acids is 1. The third-order valence-electron chi connectivity index (χ3n) is 5.56. The van der Waals surface area contributed by atoms with E-state index in [0.717, 1.165) is 55.2 Å². The molecule has 1 fully saturated rings. The zero-order chi connectivity index (χ0) is 20.9. The number of aromatic nitrogens is 2. The molecule has 0 bridgehead atoms. The third kappa shape index (κ3) is 4.89. The molecular weight excluding hydrogens is 374 g/mol. The summed E-state index contributed by atoms with van der Waals surface area (Å²) >= 11 is 0. The number of nitrogens with zero attached hydrogens (tertiary/aromatic N) is 3. The molecule has 6 nitrogen and oxygen atoms in total. The Kier molecular flexibility index (Phi) is 6.14. The molecule has 4 rings (SSSR count). The molecule has 0 radical (unpaired) electrons. The fourth-order valence-electron chi connectivity index (χ4n) is 4.06. The molecule has 0 atom stereocenters. The van der Waals surface area contributed by atoms with Crippen LogP contribution in [-0.2, 0) is 6.54 Å². The molecule has 1 aromatic heterocycles. The van der Waals surface area contributed by atoms with Crippen LogP contribution < -0.4 is 10.6 Å². The van der Waals surface area contributed by atoms with Gasteiger partial charge in [-0.25, -0.2) is 9.48 Å². The first-order valence-electron chi connectivity index (χ1n) is 10.5. The fourth-order valence-corrected chi connectivity index (χ4v) is 4.06. The number of amides is 2. The summed E-state index contributed by atoms with van der Waals surface area (Å²) in [6.45, 7) is 6.93. The molecule has 1 aliphatic heterocycles. The topological polar surface area (TPSA) is 62.2 Å². The van der Waals surface area contributed by atoms with Crippen molar-refractivity contribution >= 4 is 11.7 Å². The largest absolute Gasteiger partial charge is 0.335 e. The van der Waals surface area contributed by atoms with E-state index >= 15 is 0 Å². The minimum atomic E-state index is -0.162. The van der Waals surface area contributed by atoms with Gasteiger partial charge in [-0.3, -0.25) is 4.90 Å². The highest BCUT2D eigenvalue weighted by atomic mass is 16.2. The molecule has 0 unspecified atom stereocenters. The van der Waals surface area contributed by atoms with Crippen molar-refractivity contribution in [2.45, 2.75) is 39.3 Å². The predicted octanol–water partition coefficient (Wildman–Crippen LogP) is 4.28. The highest BCUT2D eigenvalue weighted by Crippen LogP contribution is 2.22. The Balaban J connectivity index is 1.32. The number of rotatable bonds is 5. The summed E-state index contributed by atoms with van der Waals surface area (Å²) in [4.78, 5) is 15.1. The number of para-hydroxylation sites is 2. The average Bonchev–Trinajstić information content (AvgIpc) is 3.08. The number of benzene rings is 2. The molecule has 2 amide bonds. The van der Waals surface area contributed by atoms with Crippen LogP contribution in [0.15, 0.2) is 60.7 Å². The Morgan fingerprint density at radius 1 is 1.03 bits per heavy atom. The molecular formula is C24H29N5O. The van der Waals surface area contributed by atoms with Gasteiger partial charge >= 0.3 is 6.03 Å². The van der Waals surface area contributed by atoms with Crippen LogP contribution >= 0.6 is 0 Å². The monoisotopic (exact) mass is 403 g/mol. The third-order valence-corrected chi connectivity index (χ3v) is 5.56. The van der Waals surface area contributed by atoms with Gasteiger partial charge in [0.05, 0.1) is 17.1 Å². The zero-order valence-corrected chi connectivity index (χ0v) is 17.6. The second-order valence-corrected chi connectivity index (χ2v) is 7.99. The van der Waals surface area contributed by atoms with E-state index in [2.05, 4.69) is 44.9 Å². The second kappa shape index (κ2) is 9.13. The SMILES string of the molecule is Cc1cc(C)n(-c2ccccc2NC(=O)NC2CCN(Cc3ccccc3)CC2)n1. The van der Waals surface area contributed by atoms with Gasteiger partial charge in [0.25, 0.3) is 0 Å². The molecule has 1 saturated heterocycles. The fraction of sp³-hybridized carbons (Fsp3) is 0.333. The average molecular weight is 404 g/mol. The minimum Gasteiger partial charge on any atom is -0.335 e. The highest BCUT2D eigenvalue weighted by Gasteiger charge is 2.21. The Hall–Kier alpha value is -3.12. The van der Waals surface area contributed by atoms with E-state index in [4.69, 9.17) is 0 Å². The van der Waals surface area contributed by atoms with Crippen molar-refractivity contribution in [1.29, 1.82) is 0 Å². The number of anilines is 1. The number of carbonyl (C=O) groups is 1. The Morgan fingerprint density at radius 2 is 1.73 bits per heavy atom. The number of likely N-dealkylation sites (tertiary alicyclic amines) is 1. The van der Waals surface area contributed by atoms with Gasteiger partial charge < -0.3 is 10.6 Å². The number of nitrogens with one attached hydrogen (secondary N) is 2. The lowest BCUT2D eigenvalue weighted by Gasteiger charge is -2.32. The van der Waals surface area contributed by atoms with Crippen molar-refractivity contribution in [2.75, 3.05) is 18.4 Å². The van der Waals surface area contributed by atoms with E-state index < -0.39 is 0 Å². The molecule has 0 aliphatic carbocycles. The van der Waals surface area contributed by atoms with Crippen LogP contribution in [0.2, 0.25) is 0 Å². The maximum atomic E-state index is 12.7. The van der Waals surface area contributed by atoms with E-state index in [0.29, 0.717) is 0 Å². The number of piperidine rings is 1. The van der Waals surface area contributed by atoms with E-state index in [-0.39, 0.29) is 12.1 Å². The van der Waals surface area contributed by atoms with Crippen molar-refractivity contribution in [1.82, 2.24) is 20.0 Å². The Labute approximate surface area is 177 Å². The lowest BCUT2D eigenvalue weighted by Crippen LogP contribution is -2.45.